The molecule has 1 unspecified atom stereocenters. The van der Waals surface area contributed by atoms with Gasteiger partial charge in [0, 0.05) is 19.3 Å². The average molecular weight is 1040 g/mol. The van der Waals surface area contributed by atoms with Crippen molar-refractivity contribution in [2.24, 2.45) is 0 Å². The van der Waals surface area contributed by atoms with Crippen molar-refractivity contribution in [2.45, 2.75) is 309 Å². The van der Waals surface area contributed by atoms with E-state index >= 15 is 0 Å². The lowest BCUT2D eigenvalue weighted by Crippen LogP contribution is -2.30. The van der Waals surface area contributed by atoms with Crippen molar-refractivity contribution in [2.75, 3.05) is 13.2 Å². The number of carbonyl (C=O) groups is 3. The van der Waals surface area contributed by atoms with Crippen LogP contribution >= 0.6 is 0 Å². The SMILES string of the molecule is CC/C=C\C/C=C\C/C=C\C/C=C\C/C=C\CCCCCCCCCC(=O)OCC(COC(=O)CCCCCCC/C=C\C/C=C\CCC)OC(=O)CCCCCCCCCCC/C=C\CCCCCCCCCC. The van der Waals surface area contributed by atoms with Gasteiger partial charge in [0.2, 0.25) is 0 Å². The number of carbonyl (C=O) groups excluding carboxylic acids is 3. The molecule has 0 aliphatic heterocycles. The molecule has 0 saturated heterocycles. The highest BCUT2D eigenvalue weighted by molar-refractivity contribution is 5.71. The molecule has 0 radical (unpaired) electrons. The van der Waals surface area contributed by atoms with Crippen LogP contribution in [0.1, 0.15) is 303 Å². The molecule has 430 valence electrons. The monoisotopic (exact) mass is 1040 g/mol. The molecule has 0 amide bonds. The van der Waals surface area contributed by atoms with E-state index in [1.807, 2.05) is 0 Å². The van der Waals surface area contributed by atoms with Crippen molar-refractivity contribution in [1.29, 1.82) is 0 Å². The van der Waals surface area contributed by atoms with Gasteiger partial charge in [0.15, 0.2) is 6.10 Å². The maximum absolute atomic E-state index is 12.9. The molecule has 0 N–H and O–H groups in total. The first-order chi connectivity index (χ1) is 37.0. The van der Waals surface area contributed by atoms with Crippen molar-refractivity contribution in [3.8, 4) is 0 Å². The van der Waals surface area contributed by atoms with Crippen LogP contribution in [-0.2, 0) is 28.6 Å². The summed E-state index contributed by atoms with van der Waals surface area (Å²) >= 11 is 0. The number of hydrogen-bond donors (Lipinski definition) is 0. The maximum atomic E-state index is 12.9. The minimum absolute atomic E-state index is 0.0885. The largest absolute Gasteiger partial charge is 0.462 e. The first-order valence-corrected chi connectivity index (χ1v) is 31.7. The van der Waals surface area contributed by atoms with E-state index in [-0.39, 0.29) is 31.1 Å². The van der Waals surface area contributed by atoms with Crippen LogP contribution < -0.4 is 0 Å². The fraction of sp³-hybridized carbons (Fsp3) is 0.725. The minimum atomic E-state index is -0.791. The quantitative estimate of drug-likeness (QED) is 0.0261. The fourth-order valence-electron chi connectivity index (χ4n) is 8.80. The number of ether oxygens (including phenoxy) is 3. The zero-order valence-electron chi connectivity index (χ0n) is 49.3. The Hall–Kier alpha value is -3.67. The number of allylic oxidation sites excluding steroid dienone is 16. The lowest BCUT2D eigenvalue weighted by Gasteiger charge is -2.18. The highest BCUT2D eigenvalue weighted by Gasteiger charge is 2.19. The highest BCUT2D eigenvalue weighted by Crippen LogP contribution is 2.16. The molecule has 0 rings (SSSR count). The lowest BCUT2D eigenvalue weighted by atomic mass is 10.1. The second-order valence-electron chi connectivity index (χ2n) is 20.9. The van der Waals surface area contributed by atoms with Crippen LogP contribution in [-0.4, -0.2) is 37.2 Å². The van der Waals surface area contributed by atoms with Gasteiger partial charge in [-0.1, -0.05) is 266 Å². The van der Waals surface area contributed by atoms with Crippen molar-refractivity contribution in [3.05, 3.63) is 97.2 Å². The molecule has 0 aliphatic rings. The molecule has 0 spiro atoms. The Morgan fingerprint density at radius 2 is 0.547 bits per heavy atom. The number of unbranched alkanes of at least 4 members (excludes halogenated alkanes) is 30. The zero-order chi connectivity index (χ0) is 54.3. The summed E-state index contributed by atoms with van der Waals surface area (Å²) in [7, 11) is 0. The van der Waals surface area contributed by atoms with E-state index in [9.17, 15) is 14.4 Å². The third-order valence-electron chi connectivity index (χ3n) is 13.5. The van der Waals surface area contributed by atoms with Gasteiger partial charge in [-0.05, 0) is 116 Å². The van der Waals surface area contributed by atoms with Crippen LogP contribution in [0.2, 0.25) is 0 Å². The van der Waals surface area contributed by atoms with Crippen LogP contribution in [0.15, 0.2) is 97.2 Å². The molecule has 6 nitrogen and oxygen atoms in total. The van der Waals surface area contributed by atoms with Crippen molar-refractivity contribution >= 4 is 17.9 Å². The summed E-state index contributed by atoms with van der Waals surface area (Å²) in [6, 6.07) is 0. The normalized spacial score (nSPS) is 12.7. The van der Waals surface area contributed by atoms with Gasteiger partial charge in [0.25, 0.3) is 0 Å². The average Bonchev–Trinajstić information content (AvgIpc) is 3.41. The van der Waals surface area contributed by atoms with E-state index in [2.05, 4.69) is 118 Å². The van der Waals surface area contributed by atoms with Crippen molar-refractivity contribution < 1.29 is 28.6 Å². The van der Waals surface area contributed by atoms with Gasteiger partial charge in [-0.15, -0.1) is 0 Å². The molecule has 0 bridgehead atoms. The van der Waals surface area contributed by atoms with E-state index in [1.54, 1.807) is 0 Å². The number of rotatable bonds is 57. The molecule has 0 aromatic rings. The molecule has 6 heteroatoms. The molecule has 0 heterocycles. The Morgan fingerprint density at radius 3 is 0.880 bits per heavy atom. The van der Waals surface area contributed by atoms with Gasteiger partial charge in [0.05, 0.1) is 0 Å². The van der Waals surface area contributed by atoms with Crippen LogP contribution in [0.4, 0.5) is 0 Å². The summed E-state index contributed by atoms with van der Waals surface area (Å²) in [5.74, 6) is -0.906. The predicted molar refractivity (Wildman–Crippen MR) is 325 cm³/mol. The Kier molecular flexibility index (Phi) is 59.8. The van der Waals surface area contributed by atoms with E-state index in [0.717, 1.165) is 128 Å². The Balaban J connectivity index is 4.37. The first-order valence-electron chi connectivity index (χ1n) is 31.7. The zero-order valence-corrected chi connectivity index (χ0v) is 49.3. The summed E-state index contributed by atoms with van der Waals surface area (Å²) in [5.41, 5.74) is 0. The van der Waals surface area contributed by atoms with Gasteiger partial charge in [-0.2, -0.15) is 0 Å². The van der Waals surface area contributed by atoms with Crippen molar-refractivity contribution in [1.82, 2.24) is 0 Å². The van der Waals surface area contributed by atoms with Crippen LogP contribution in [0.5, 0.6) is 0 Å². The standard InChI is InChI=1S/C69H118O6/c1-4-7-10-13-16-19-22-25-27-29-31-33-34-36-37-39-41-44-47-50-53-56-59-62-68(71)74-65-66(64-73-67(70)61-58-55-52-49-46-43-24-21-18-15-12-9-6-3)75-69(72)63-60-57-54-51-48-45-42-40-38-35-32-30-28-26-23-20-17-14-11-8-5-2/h7,10,12,15-16,19,21,24-25,27,30-33,36-37,66H,4-6,8-9,11,13-14,17-18,20,22-23,26,28-29,34-35,38-65H2,1-3H3/b10-7-,15-12-,19-16-,24-21-,27-25-,32-30-,33-31-,37-36-. The Labute approximate surface area is 464 Å². The summed E-state index contributed by atoms with van der Waals surface area (Å²) in [6.07, 6.45) is 84.1. The van der Waals surface area contributed by atoms with Crippen molar-refractivity contribution in [3.63, 3.8) is 0 Å². The first kappa shape index (κ1) is 71.3. The van der Waals surface area contributed by atoms with Crippen LogP contribution in [0.3, 0.4) is 0 Å². The molecule has 0 aliphatic carbocycles. The smallest absolute Gasteiger partial charge is 0.306 e. The maximum Gasteiger partial charge on any atom is 0.306 e. The molecular weight excluding hydrogens is 925 g/mol. The fourth-order valence-corrected chi connectivity index (χ4v) is 8.80. The molecule has 0 saturated carbocycles. The molecule has 75 heavy (non-hydrogen) atoms. The molecule has 0 fully saturated rings. The highest BCUT2D eigenvalue weighted by atomic mass is 16.6. The Bertz CT molecular complexity index is 1480. The molecule has 0 aromatic heterocycles. The van der Waals surface area contributed by atoms with E-state index in [0.29, 0.717) is 19.3 Å². The predicted octanol–water partition coefficient (Wildman–Crippen LogP) is 21.7. The summed E-state index contributed by atoms with van der Waals surface area (Å²) in [5, 5.41) is 0. The summed E-state index contributed by atoms with van der Waals surface area (Å²) in [6.45, 7) is 6.46. The molecular formula is C69H118O6. The van der Waals surface area contributed by atoms with Crippen LogP contribution in [0.25, 0.3) is 0 Å². The lowest BCUT2D eigenvalue weighted by molar-refractivity contribution is -0.167. The molecule has 1 atom stereocenters. The molecule has 0 aromatic carbocycles. The third kappa shape index (κ3) is 61.1. The van der Waals surface area contributed by atoms with Gasteiger partial charge in [-0.25, -0.2) is 0 Å². The summed E-state index contributed by atoms with van der Waals surface area (Å²) < 4.78 is 16.9. The van der Waals surface area contributed by atoms with Gasteiger partial charge < -0.3 is 14.2 Å². The second-order valence-corrected chi connectivity index (χ2v) is 20.9. The van der Waals surface area contributed by atoms with E-state index in [1.165, 1.54) is 135 Å². The minimum Gasteiger partial charge on any atom is -0.462 e. The topological polar surface area (TPSA) is 78.9 Å². The second kappa shape index (κ2) is 62.9. The van der Waals surface area contributed by atoms with Gasteiger partial charge >= 0.3 is 17.9 Å². The number of esters is 3. The Morgan fingerprint density at radius 1 is 0.280 bits per heavy atom. The number of hydrogen-bond acceptors (Lipinski definition) is 6. The van der Waals surface area contributed by atoms with Crippen LogP contribution in [0, 0.1) is 0 Å². The third-order valence-corrected chi connectivity index (χ3v) is 13.5. The summed E-state index contributed by atoms with van der Waals surface area (Å²) in [4.78, 5) is 38.3. The van der Waals surface area contributed by atoms with Gasteiger partial charge in [0.1, 0.15) is 13.2 Å². The van der Waals surface area contributed by atoms with E-state index < -0.39 is 6.10 Å². The van der Waals surface area contributed by atoms with Gasteiger partial charge in [-0.3, -0.25) is 14.4 Å². The van der Waals surface area contributed by atoms with E-state index in [4.69, 9.17) is 14.2 Å².